The fourth-order valence-corrected chi connectivity index (χ4v) is 2.15. The van der Waals surface area contributed by atoms with Gasteiger partial charge in [-0.05, 0) is 42.8 Å². The van der Waals surface area contributed by atoms with E-state index in [4.69, 9.17) is 17.3 Å². The van der Waals surface area contributed by atoms with Crippen LogP contribution in [-0.2, 0) is 0 Å². The quantitative estimate of drug-likeness (QED) is 0.704. The molecule has 0 bridgehead atoms. The zero-order valence-corrected chi connectivity index (χ0v) is 10.5. The molecule has 0 aliphatic rings. The van der Waals surface area contributed by atoms with E-state index in [2.05, 4.69) is 15.0 Å². The molecule has 90 valence electrons. The van der Waals surface area contributed by atoms with Crippen molar-refractivity contribution in [2.75, 3.05) is 5.73 Å². The van der Waals surface area contributed by atoms with E-state index in [9.17, 15) is 0 Å². The number of nitrogens with two attached hydrogens (primary N) is 1. The Hall–Kier alpha value is -2.07. The van der Waals surface area contributed by atoms with Gasteiger partial charge in [0.15, 0.2) is 5.65 Å². The van der Waals surface area contributed by atoms with Crippen LogP contribution in [0, 0.1) is 6.92 Å². The molecule has 4 nitrogen and oxygen atoms in total. The van der Waals surface area contributed by atoms with Crippen LogP contribution in [0.1, 0.15) is 5.56 Å². The van der Waals surface area contributed by atoms with E-state index < -0.39 is 0 Å². The third-order valence-corrected chi connectivity index (χ3v) is 3.05. The second-order valence-electron chi connectivity index (χ2n) is 4.15. The van der Waals surface area contributed by atoms with Crippen molar-refractivity contribution in [2.45, 2.75) is 6.92 Å². The maximum Gasteiger partial charge on any atom is 0.180 e. The molecule has 3 N–H and O–H groups in total. The molecule has 0 saturated heterocycles. The summed E-state index contributed by atoms with van der Waals surface area (Å²) in [7, 11) is 0. The highest BCUT2D eigenvalue weighted by Crippen LogP contribution is 2.25. The zero-order chi connectivity index (χ0) is 12.7. The smallest absolute Gasteiger partial charge is 0.180 e. The monoisotopic (exact) mass is 258 g/mol. The summed E-state index contributed by atoms with van der Waals surface area (Å²) in [5.41, 5.74) is 9.21. The number of nitrogen functional groups attached to an aromatic ring is 1. The van der Waals surface area contributed by atoms with E-state index in [1.807, 2.05) is 31.2 Å². The molecule has 0 fully saturated rings. The number of benzene rings is 1. The topological polar surface area (TPSA) is 67.6 Å². The summed E-state index contributed by atoms with van der Waals surface area (Å²) in [6, 6.07) is 9.32. The molecule has 0 spiro atoms. The Kier molecular flexibility index (Phi) is 2.45. The van der Waals surface area contributed by atoms with Crippen LogP contribution in [0.5, 0.6) is 0 Å². The number of pyridine rings is 1. The number of aromatic amines is 1. The van der Waals surface area contributed by atoms with Crippen LogP contribution in [0.3, 0.4) is 0 Å². The summed E-state index contributed by atoms with van der Waals surface area (Å²) < 4.78 is 0. The summed E-state index contributed by atoms with van der Waals surface area (Å²) in [5.74, 6) is 1.24. The van der Waals surface area contributed by atoms with Gasteiger partial charge in [-0.3, -0.25) is 0 Å². The molecule has 3 rings (SSSR count). The number of imidazole rings is 1. The summed E-state index contributed by atoms with van der Waals surface area (Å²) in [6.45, 7) is 2.00. The van der Waals surface area contributed by atoms with Gasteiger partial charge in [0.2, 0.25) is 0 Å². The van der Waals surface area contributed by atoms with Crippen molar-refractivity contribution in [3.8, 4) is 11.4 Å². The molecule has 18 heavy (non-hydrogen) atoms. The first-order chi connectivity index (χ1) is 8.63. The lowest BCUT2D eigenvalue weighted by Crippen LogP contribution is -1.88. The largest absolute Gasteiger partial charge is 0.384 e. The molecule has 0 unspecified atom stereocenters. The Bertz CT molecular complexity index is 733. The molecule has 0 atom stereocenters. The van der Waals surface area contributed by atoms with E-state index in [-0.39, 0.29) is 0 Å². The molecule has 3 aromatic rings. The van der Waals surface area contributed by atoms with Crippen molar-refractivity contribution >= 4 is 28.6 Å². The number of nitrogens with zero attached hydrogens (tertiary/aromatic N) is 2. The molecule has 1 aromatic carbocycles. The number of H-pyrrole nitrogens is 1. The Balaban J connectivity index is 2.19. The van der Waals surface area contributed by atoms with Crippen LogP contribution in [0.2, 0.25) is 5.02 Å². The van der Waals surface area contributed by atoms with Gasteiger partial charge in [0.1, 0.15) is 11.6 Å². The molecule has 0 saturated carbocycles. The lowest BCUT2D eigenvalue weighted by Gasteiger charge is -2.02. The minimum atomic E-state index is 0.466. The highest BCUT2D eigenvalue weighted by atomic mass is 35.5. The fourth-order valence-electron chi connectivity index (χ4n) is 1.93. The number of nitrogens with one attached hydrogen (secondary N) is 1. The standard InChI is InChI=1S/C13H11ClN4/c1-7-6-8(14)2-3-9(7)12-16-10-4-5-11(15)17-13(10)18-12/h2-6H,1H3,(H3,15,16,17,18). The minimum absolute atomic E-state index is 0.466. The van der Waals surface area contributed by atoms with Crippen molar-refractivity contribution in [2.24, 2.45) is 0 Å². The van der Waals surface area contributed by atoms with E-state index in [1.165, 1.54) is 0 Å². The first-order valence-electron chi connectivity index (χ1n) is 5.52. The van der Waals surface area contributed by atoms with Gasteiger partial charge in [0.25, 0.3) is 0 Å². The molecule has 2 aromatic heterocycles. The highest BCUT2D eigenvalue weighted by molar-refractivity contribution is 6.30. The number of halogens is 1. The molecule has 0 radical (unpaired) electrons. The average Bonchev–Trinajstić information content (AvgIpc) is 2.71. The van der Waals surface area contributed by atoms with E-state index in [1.54, 1.807) is 6.07 Å². The van der Waals surface area contributed by atoms with Crippen LogP contribution in [-0.4, -0.2) is 15.0 Å². The van der Waals surface area contributed by atoms with E-state index >= 15 is 0 Å². The zero-order valence-electron chi connectivity index (χ0n) is 9.74. The van der Waals surface area contributed by atoms with E-state index in [0.29, 0.717) is 11.5 Å². The Morgan fingerprint density at radius 2 is 2.00 bits per heavy atom. The molecule has 0 aliphatic carbocycles. The van der Waals surface area contributed by atoms with Gasteiger partial charge in [-0.15, -0.1) is 0 Å². The van der Waals surface area contributed by atoms with Gasteiger partial charge < -0.3 is 10.7 Å². The van der Waals surface area contributed by atoms with Crippen molar-refractivity contribution < 1.29 is 0 Å². The molecular formula is C13H11ClN4. The van der Waals surface area contributed by atoms with Gasteiger partial charge in [-0.25, -0.2) is 9.97 Å². The molecule has 5 heteroatoms. The lowest BCUT2D eigenvalue weighted by atomic mass is 10.1. The third kappa shape index (κ3) is 1.80. The maximum atomic E-state index is 5.94. The lowest BCUT2D eigenvalue weighted by molar-refractivity contribution is 1.29. The summed E-state index contributed by atoms with van der Waals surface area (Å²) >= 11 is 5.94. The van der Waals surface area contributed by atoms with Gasteiger partial charge in [-0.1, -0.05) is 11.6 Å². The van der Waals surface area contributed by atoms with Crippen LogP contribution >= 0.6 is 11.6 Å². The number of aryl methyl sites for hydroxylation is 1. The molecule has 0 amide bonds. The van der Waals surface area contributed by atoms with Gasteiger partial charge in [0.05, 0.1) is 5.52 Å². The predicted octanol–water partition coefficient (Wildman–Crippen LogP) is 3.17. The fraction of sp³-hybridized carbons (Fsp3) is 0.0769. The van der Waals surface area contributed by atoms with Gasteiger partial charge in [0, 0.05) is 10.6 Å². The van der Waals surface area contributed by atoms with Crippen LogP contribution in [0.25, 0.3) is 22.6 Å². The SMILES string of the molecule is Cc1cc(Cl)ccc1-c1nc2nc(N)ccc2[nH]1. The average molecular weight is 259 g/mol. The number of fused-ring (bicyclic) bond motifs is 1. The van der Waals surface area contributed by atoms with Crippen molar-refractivity contribution in [3.63, 3.8) is 0 Å². The number of aromatic nitrogens is 3. The van der Waals surface area contributed by atoms with Crippen LogP contribution in [0.15, 0.2) is 30.3 Å². The summed E-state index contributed by atoms with van der Waals surface area (Å²) in [6.07, 6.45) is 0. The van der Waals surface area contributed by atoms with Gasteiger partial charge >= 0.3 is 0 Å². The van der Waals surface area contributed by atoms with Crippen molar-refractivity contribution in [1.82, 2.24) is 15.0 Å². The Morgan fingerprint density at radius 1 is 1.17 bits per heavy atom. The normalized spacial score (nSPS) is 11.0. The molecule has 0 aliphatic heterocycles. The summed E-state index contributed by atoms with van der Waals surface area (Å²) in [4.78, 5) is 11.9. The van der Waals surface area contributed by atoms with Crippen molar-refractivity contribution in [1.29, 1.82) is 0 Å². The second kappa shape index (κ2) is 3.99. The predicted molar refractivity (Wildman–Crippen MR) is 73.5 cm³/mol. The first kappa shape index (κ1) is 11.0. The summed E-state index contributed by atoms with van der Waals surface area (Å²) in [5, 5.41) is 0.717. The second-order valence-corrected chi connectivity index (χ2v) is 4.59. The minimum Gasteiger partial charge on any atom is -0.384 e. The molecule has 2 heterocycles. The van der Waals surface area contributed by atoms with E-state index in [0.717, 1.165) is 27.5 Å². The van der Waals surface area contributed by atoms with Crippen LogP contribution < -0.4 is 5.73 Å². The number of hydrogen-bond acceptors (Lipinski definition) is 3. The Morgan fingerprint density at radius 3 is 2.78 bits per heavy atom. The molecular weight excluding hydrogens is 248 g/mol. The number of rotatable bonds is 1. The van der Waals surface area contributed by atoms with Crippen molar-refractivity contribution in [3.05, 3.63) is 40.9 Å². The Labute approximate surface area is 109 Å². The third-order valence-electron chi connectivity index (χ3n) is 2.81. The number of anilines is 1. The van der Waals surface area contributed by atoms with Crippen LogP contribution in [0.4, 0.5) is 5.82 Å². The number of hydrogen-bond donors (Lipinski definition) is 2. The highest BCUT2D eigenvalue weighted by Gasteiger charge is 2.09. The first-order valence-corrected chi connectivity index (χ1v) is 5.90. The maximum absolute atomic E-state index is 5.94. The van der Waals surface area contributed by atoms with Gasteiger partial charge in [-0.2, -0.15) is 0 Å².